The summed E-state index contributed by atoms with van der Waals surface area (Å²) in [4.78, 5) is 4.11. The Balaban J connectivity index is 0.000000720. The topological polar surface area (TPSA) is 24.9 Å². The maximum absolute atomic E-state index is 4.11. The van der Waals surface area contributed by atoms with Gasteiger partial charge in [0, 0.05) is 18.9 Å². The molecule has 0 saturated carbocycles. The first kappa shape index (κ1) is 12.7. The highest BCUT2D eigenvalue weighted by Gasteiger charge is 2.05. The smallest absolute Gasteiger partial charge is 0.0303 e. The molecule has 1 N–H and O–H groups in total. The maximum Gasteiger partial charge on any atom is 0.0303 e. The Morgan fingerprint density at radius 3 is 2.92 bits per heavy atom. The van der Waals surface area contributed by atoms with Gasteiger partial charge in [-0.15, -0.1) is 24.8 Å². The molecule has 74 valence electrons. The summed E-state index contributed by atoms with van der Waals surface area (Å²) >= 11 is 0. The van der Waals surface area contributed by atoms with E-state index in [4.69, 9.17) is 0 Å². The predicted octanol–water partition coefficient (Wildman–Crippen LogP) is 1.96. The van der Waals surface area contributed by atoms with Gasteiger partial charge in [0.25, 0.3) is 0 Å². The molecule has 0 bridgehead atoms. The molecule has 1 aliphatic heterocycles. The third kappa shape index (κ3) is 3.14. The Hall–Kier alpha value is -0.310. The molecule has 0 amide bonds. The average Bonchev–Trinajstić information content (AvgIpc) is 2.28. The quantitative estimate of drug-likeness (QED) is 0.724. The molecule has 0 spiro atoms. The van der Waals surface area contributed by atoms with Crippen molar-refractivity contribution in [2.75, 3.05) is 6.54 Å². The SMILES string of the molecule is Cl.Cl.c1cc2c(cn1)CCCNC2. The van der Waals surface area contributed by atoms with E-state index in [9.17, 15) is 0 Å². The van der Waals surface area contributed by atoms with E-state index in [1.165, 1.54) is 24.0 Å². The first-order valence-corrected chi connectivity index (χ1v) is 4.09. The first-order chi connectivity index (χ1) is 5.47. The summed E-state index contributed by atoms with van der Waals surface area (Å²) in [6.07, 6.45) is 6.27. The van der Waals surface area contributed by atoms with Crippen LogP contribution in [-0.4, -0.2) is 11.5 Å². The summed E-state index contributed by atoms with van der Waals surface area (Å²) in [7, 11) is 0. The Morgan fingerprint density at radius 1 is 1.23 bits per heavy atom. The highest BCUT2D eigenvalue weighted by Crippen LogP contribution is 2.11. The zero-order chi connectivity index (χ0) is 7.52. The lowest BCUT2D eigenvalue weighted by atomic mass is 10.1. The number of pyridine rings is 1. The molecule has 13 heavy (non-hydrogen) atoms. The molecule has 0 atom stereocenters. The number of hydrogen-bond acceptors (Lipinski definition) is 2. The number of hydrogen-bond donors (Lipinski definition) is 1. The second-order valence-electron chi connectivity index (χ2n) is 2.92. The maximum atomic E-state index is 4.11. The van der Waals surface area contributed by atoms with Gasteiger partial charge in [0.2, 0.25) is 0 Å². The van der Waals surface area contributed by atoms with Gasteiger partial charge in [-0.25, -0.2) is 0 Å². The minimum Gasteiger partial charge on any atom is -0.313 e. The van der Waals surface area contributed by atoms with Crippen LogP contribution < -0.4 is 5.32 Å². The van der Waals surface area contributed by atoms with E-state index in [1.54, 1.807) is 0 Å². The van der Waals surface area contributed by atoms with Crippen molar-refractivity contribution in [3.63, 3.8) is 0 Å². The van der Waals surface area contributed by atoms with Crippen LogP contribution >= 0.6 is 24.8 Å². The van der Waals surface area contributed by atoms with Gasteiger partial charge in [0.15, 0.2) is 0 Å². The van der Waals surface area contributed by atoms with Crippen LogP contribution in [0.15, 0.2) is 18.5 Å². The Kier molecular flexibility index (Phi) is 6.04. The molecule has 1 aliphatic rings. The lowest BCUT2D eigenvalue weighted by Gasteiger charge is -2.01. The summed E-state index contributed by atoms with van der Waals surface area (Å²) < 4.78 is 0. The van der Waals surface area contributed by atoms with Gasteiger partial charge < -0.3 is 5.32 Å². The molecule has 1 aromatic heterocycles. The van der Waals surface area contributed by atoms with E-state index < -0.39 is 0 Å². The number of rotatable bonds is 0. The van der Waals surface area contributed by atoms with Crippen molar-refractivity contribution < 1.29 is 0 Å². The van der Waals surface area contributed by atoms with Crippen molar-refractivity contribution in [3.8, 4) is 0 Å². The van der Waals surface area contributed by atoms with Gasteiger partial charge in [-0.3, -0.25) is 4.98 Å². The van der Waals surface area contributed by atoms with Gasteiger partial charge in [0.1, 0.15) is 0 Å². The molecular formula is C9H14Cl2N2. The molecule has 0 saturated heterocycles. The minimum absolute atomic E-state index is 0. The summed E-state index contributed by atoms with van der Waals surface area (Å²) in [5, 5.41) is 3.38. The van der Waals surface area contributed by atoms with E-state index >= 15 is 0 Å². The molecule has 2 heterocycles. The van der Waals surface area contributed by atoms with E-state index in [1.807, 2.05) is 12.4 Å². The Bertz CT molecular complexity index is 228. The van der Waals surface area contributed by atoms with Gasteiger partial charge in [-0.05, 0) is 36.6 Å². The fourth-order valence-corrected chi connectivity index (χ4v) is 1.48. The predicted molar refractivity (Wildman–Crippen MR) is 58.8 cm³/mol. The van der Waals surface area contributed by atoms with E-state index in [0.717, 1.165) is 13.1 Å². The van der Waals surface area contributed by atoms with Crippen LogP contribution in [-0.2, 0) is 13.0 Å². The molecular weight excluding hydrogens is 207 g/mol. The van der Waals surface area contributed by atoms with E-state index in [0.29, 0.717) is 0 Å². The molecule has 1 aromatic rings. The van der Waals surface area contributed by atoms with Crippen molar-refractivity contribution in [2.24, 2.45) is 0 Å². The fourth-order valence-electron chi connectivity index (χ4n) is 1.48. The van der Waals surface area contributed by atoms with Gasteiger partial charge in [-0.1, -0.05) is 0 Å². The molecule has 0 radical (unpaired) electrons. The van der Waals surface area contributed by atoms with Crippen LogP contribution in [0.4, 0.5) is 0 Å². The molecule has 0 aromatic carbocycles. The standard InChI is InChI=1S/C9H12N2.2ClH/c1-2-8-6-11-5-3-9(8)7-10-4-1;;/h3,5-6,10H,1-2,4,7H2;2*1H. The number of halogens is 2. The van der Waals surface area contributed by atoms with E-state index in [2.05, 4.69) is 16.4 Å². The molecule has 4 heteroatoms. The van der Waals surface area contributed by atoms with Crippen LogP contribution in [0.2, 0.25) is 0 Å². The summed E-state index contributed by atoms with van der Waals surface area (Å²) in [5.41, 5.74) is 2.83. The number of aromatic nitrogens is 1. The largest absolute Gasteiger partial charge is 0.313 e. The van der Waals surface area contributed by atoms with Crippen molar-refractivity contribution >= 4 is 24.8 Å². The lowest BCUT2D eigenvalue weighted by Crippen LogP contribution is -2.11. The first-order valence-electron chi connectivity index (χ1n) is 4.09. The summed E-state index contributed by atoms with van der Waals surface area (Å²) in [6, 6.07) is 2.10. The van der Waals surface area contributed by atoms with Crippen molar-refractivity contribution in [2.45, 2.75) is 19.4 Å². The minimum atomic E-state index is 0. The molecule has 2 nitrogen and oxygen atoms in total. The fraction of sp³-hybridized carbons (Fsp3) is 0.444. The van der Waals surface area contributed by atoms with Crippen LogP contribution in [0.25, 0.3) is 0 Å². The molecule has 0 unspecified atom stereocenters. The van der Waals surface area contributed by atoms with Gasteiger partial charge >= 0.3 is 0 Å². The highest BCUT2D eigenvalue weighted by molar-refractivity contribution is 5.85. The second-order valence-corrected chi connectivity index (χ2v) is 2.92. The summed E-state index contributed by atoms with van der Waals surface area (Å²) in [6.45, 7) is 2.15. The lowest BCUT2D eigenvalue weighted by molar-refractivity contribution is 0.681. The van der Waals surface area contributed by atoms with Crippen LogP contribution in [0, 0.1) is 0 Å². The van der Waals surface area contributed by atoms with Crippen molar-refractivity contribution in [3.05, 3.63) is 29.6 Å². The molecule has 0 fully saturated rings. The van der Waals surface area contributed by atoms with Gasteiger partial charge in [-0.2, -0.15) is 0 Å². The van der Waals surface area contributed by atoms with Crippen molar-refractivity contribution in [1.82, 2.24) is 10.3 Å². The summed E-state index contributed by atoms with van der Waals surface area (Å²) in [5.74, 6) is 0. The number of nitrogens with zero attached hydrogens (tertiary/aromatic N) is 1. The van der Waals surface area contributed by atoms with Crippen molar-refractivity contribution in [1.29, 1.82) is 0 Å². The second kappa shape index (κ2) is 6.19. The van der Waals surface area contributed by atoms with E-state index in [-0.39, 0.29) is 24.8 Å². The highest BCUT2D eigenvalue weighted by atomic mass is 35.5. The molecule has 2 rings (SSSR count). The zero-order valence-corrected chi connectivity index (χ0v) is 8.96. The average molecular weight is 221 g/mol. The zero-order valence-electron chi connectivity index (χ0n) is 7.32. The molecule has 0 aliphatic carbocycles. The Morgan fingerprint density at radius 2 is 2.08 bits per heavy atom. The van der Waals surface area contributed by atoms with Crippen LogP contribution in [0.3, 0.4) is 0 Å². The van der Waals surface area contributed by atoms with Gasteiger partial charge in [0.05, 0.1) is 0 Å². The third-order valence-electron chi connectivity index (χ3n) is 2.12. The number of nitrogens with one attached hydrogen (secondary N) is 1. The number of fused-ring (bicyclic) bond motifs is 1. The number of aryl methyl sites for hydroxylation is 1. The third-order valence-corrected chi connectivity index (χ3v) is 2.12. The van der Waals surface area contributed by atoms with Crippen LogP contribution in [0.1, 0.15) is 17.5 Å². The normalized spacial score (nSPS) is 14.5. The monoisotopic (exact) mass is 220 g/mol. The van der Waals surface area contributed by atoms with Crippen LogP contribution in [0.5, 0.6) is 0 Å². The Labute approximate surface area is 91.0 Å².